The van der Waals surface area contributed by atoms with Crippen molar-refractivity contribution in [3.8, 4) is 22.8 Å². The molecule has 0 bridgehead atoms. The van der Waals surface area contributed by atoms with Crippen LogP contribution in [0.3, 0.4) is 0 Å². The largest absolute Gasteiger partial charge is 0.497 e. The molecule has 0 aliphatic carbocycles. The molecule has 0 aliphatic heterocycles. The summed E-state index contributed by atoms with van der Waals surface area (Å²) in [5, 5.41) is 9.53. The standard InChI is InChI=1S/C16H13BrN2O2/c1-9-5-10(7-11(6-9)21-2)12-3-4-13(17)16-15(12)18-8-14(20)19-16/h3-8H,1-2H3,(H,19,20). The summed E-state index contributed by atoms with van der Waals surface area (Å²) in [5.41, 5.74) is 4.42. The first-order valence-electron chi connectivity index (χ1n) is 6.39. The van der Waals surface area contributed by atoms with Crippen LogP contribution < -0.4 is 4.74 Å². The van der Waals surface area contributed by atoms with E-state index in [1.807, 2.05) is 31.2 Å². The molecule has 21 heavy (non-hydrogen) atoms. The summed E-state index contributed by atoms with van der Waals surface area (Å²) in [5.74, 6) is 0.704. The Labute approximate surface area is 130 Å². The Balaban J connectivity index is 2.30. The summed E-state index contributed by atoms with van der Waals surface area (Å²) in [7, 11) is 1.65. The number of nitrogens with zero attached hydrogens (tertiary/aromatic N) is 2. The van der Waals surface area contributed by atoms with Crippen molar-refractivity contribution in [3.63, 3.8) is 0 Å². The Morgan fingerprint density at radius 1 is 1.14 bits per heavy atom. The SMILES string of the molecule is COc1cc(C)cc(-c2ccc(Br)c3nc(O)cnc23)c1. The van der Waals surface area contributed by atoms with E-state index in [-0.39, 0.29) is 5.88 Å². The first-order valence-corrected chi connectivity index (χ1v) is 7.18. The Bertz CT molecular complexity index is 834. The number of methoxy groups -OCH3 is 1. The van der Waals surface area contributed by atoms with Crippen molar-refractivity contribution in [1.29, 1.82) is 0 Å². The normalized spacial score (nSPS) is 10.8. The average Bonchev–Trinajstić information content (AvgIpc) is 2.47. The zero-order valence-corrected chi connectivity index (χ0v) is 13.2. The van der Waals surface area contributed by atoms with Gasteiger partial charge in [0.1, 0.15) is 11.3 Å². The van der Waals surface area contributed by atoms with Crippen LogP contribution in [0.15, 0.2) is 41.0 Å². The van der Waals surface area contributed by atoms with Gasteiger partial charge in [-0.25, -0.2) is 9.97 Å². The molecule has 0 amide bonds. The summed E-state index contributed by atoms with van der Waals surface area (Å²) >= 11 is 3.44. The lowest BCUT2D eigenvalue weighted by atomic mass is 10.0. The summed E-state index contributed by atoms with van der Waals surface area (Å²) in [6, 6.07) is 9.89. The number of ether oxygens (including phenoxy) is 1. The molecule has 0 atom stereocenters. The van der Waals surface area contributed by atoms with Gasteiger partial charge in [0.15, 0.2) is 0 Å². The maximum absolute atomic E-state index is 9.53. The summed E-state index contributed by atoms with van der Waals surface area (Å²) in [6.45, 7) is 2.02. The molecule has 0 saturated carbocycles. The van der Waals surface area contributed by atoms with Crippen molar-refractivity contribution in [2.45, 2.75) is 6.92 Å². The van der Waals surface area contributed by atoms with Crippen LogP contribution in [0.5, 0.6) is 11.6 Å². The van der Waals surface area contributed by atoms with Crippen LogP contribution in [0, 0.1) is 6.92 Å². The fourth-order valence-electron chi connectivity index (χ4n) is 2.31. The molecule has 1 aromatic heterocycles. The lowest BCUT2D eigenvalue weighted by Gasteiger charge is -2.10. The monoisotopic (exact) mass is 344 g/mol. The van der Waals surface area contributed by atoms with Gasteiger partial charge in [-0.05, 0) is 52.2 Å². The predicted octanol–water partition coefficient (Wildman–Crippen LogP) is 4.08. The molecule has 106 valence electrons. The molecule has 0 unspecified atom stereocenters. The first kappa shape index (κ1) is 13.8. The van der Waals surface area contributed by atoms with E-state index in [0.717, 1.165) is 32.4 Å². The maximum atomic E-state index is 9.53. The number of rotatable bonds is 2. The van der Waals surface area contributed by atoms with E-state index in [2.05, 4.69) is 32.0 Å². The predicted molar refractivity (Wildman–Crippen MR) is 85.6 cm³/mol. The van der Waals surface area contributed by atoms with E-state index >= 15 is 0 Å². The van der Waals surface area contributed by atoms with Crippen molar-refractivity contribution in [2.75, 3.05) is 7.11 Å². The van der Waals surface area contributed by atoms with Crippen LogP contribution in [-0.4, -0.2) is 22.2 Å². The number of aromatic nitrogens is 2. The molecule has 1 N–H and O–H groups in total. The minimum Gasteiger partial charge on any atom is -0.497 e. The first-order chi connectivity index (χ1) is 10.1. The lowest BCUT2D eigenvalue weighted by Crippen LogP contribution is -1.91. The van der Waals surface area contributed by atoms with Gasteiger partial charge in [0, 0.05) is 10.0 Å². The van der Waals surface area contributed by atoms with Crippen LogP contribution in [-0.2, 0) is 0 Å². The Hall–Kier alpha value is -2.14. The third-order valence-electron chi connectivity index (χ3n) is 3.24. The van der Waals surface area contributed by atoms with Gasteiger partial charge in [0.05, 0.1) is 18.8 Å². The number of aromatic hydroxyl groups is 1. The van der Waals surface area contributed by atoms with Crippen molar-refractivity contribution >= 4 is 27.0 Å². The Morgan fingerprint density at radius 2 is 1.95 bits per heavy atom. The fourth-order valence-corrected chi connectivity index (χ4v) is 2.72. The fraction of sp³-hybridized carbons (Fsp3) is 0.125. The highest BCUT2D eigenvalue weighted by molar-refractivity contribution is 9.10. The van der Waals surface area contributed by atoms with E-state index in [9.17, 15) is 5.11 Å². The minimum absolute atomic E-state index is 0.0952. The van der Waals surface area contributed by atoms with Crippen molar-refractivity contribution < 1.29 is 9.84 Å². The Kier molecular flexibility index (Phi) is 3.51. The molecule has 1 heterocycles. The molecular weight excluding hydrogens is 332 g/mol. The van der Waals surface area contributed by atoms with Crippen molar-refractivity contribution in [2.24, 2.45) is 0 Å². The second-order valence-corrected chi connectivity index (χ2v) is 5.61. The molecule has 5 heteroatoms. The van der Waals surface area contributed by atoms with E-state index in [1.54, 1.807) is 7.11 Å². The van der Waals surface area contributed by atoms with E-state index in [1.165, 1.54) is 6.20 Å². The molecule has 3 rings (SSSR count). The smallest absolute Gasteiger partial charge is 0.230 e. The van der Waals surface area contributed by atoms with Crippen LogP contribution in [0.2, 0.25) is 0 Å². The average molecular weight is 345 g/mol. The topological polar surface area (TPSA) is 55.2 Å². The van der Waals surface area contributed by atoms with Crippen LogP contribution in [0.25, 0.3) is 22.2 Å². The molecule has 3 aromatic rings. The summed E-state index contributed by atoms with van der Waals surface area (Å²) in [4.78, 5) is 8.46. The van der Waals surface area contributed by atoms with Gasteiger partial charge < -0.3 is 9.84 Å². The quantitative estimate of drug-likeness (QED) is 0.760. The lowest BCUT2D eigenvalue weighted by molar-refractivity contribution is 0.414. The summed E-state index contributed by atoms with van der Waals surface area (Å²) in [6.07, 6.45) is 1.35. The zero-order valence-electron chi connectivity index (χ0n) is 11.6. The van der Waals surface area contributed by atoms with Crippen molar-refractivity contribution in [3.05, 3.63) is 46.6 Å². The molecule has 0 aliphatic rings. The number of fused-ring (bicyclic) bond motifs is 1. The van der Waals surface area contributed by atoms with E-state index in [4.69, 9.17) is 4.74 Å². The third-order valence-corrected chi connectivity index (χ3v) is 3.87. The molecular formula is C16H13BrN2O2. The molecule has 0 saturated heterocycles. The van der Waals surface area contributed by atoms with Gasteiger partial charge in [0.2, 0.25) is 5.88 Å². The third kappa shape index (κ3) is 2.56. The zero-order chi connectivity index (χ0) is 15.0. The second-order valence-electron chi connectivity index (χ2n) is 4.76. The molecule has 4 nitrogen and oxygen atoms in total. The number of aryl methyl sites for hydroxylation is 1. The van der Waals surface area contributed by atoms with Crippen molar-refractivity contribution in [1.82, 2.24) is 9.97 Å². The minimum atomic E-state index is -0.0952. The van der Waals surface area contributed by atoms with Gasteiger partial charge in [-0.15, -0.1) is 0 Å². The number of halogens is 1. The maximum Gasteiger partial charge on any atom is 0.230 e. The van der Waals surface area contributed by atoms with E-state index < -0.39 is 0 Å². The van der Waals surface area contributed by atoms with Crippen LogP contribution >= 0.6 is 15.9 Å². The number of hydrogen-bond acceptors (Lipinski definition) is 4. The molecule has 0 spiro atoms. The summed E-state index contributed by atoms with van der Waals surface area (Å²) < 4.78 is 6.12. The highest BCUT2D eigenvalue weighted by Crippen LogP contribution is 2.33. The van der Waals surface area contributed by atoms with Gasteiger partial charge in [0.25, 0.3) is 0 Å². The second kappa shape index (κ2) is 5.33. The van der Waals surface area contributed by atoms with Gasteiger partial charge in [-0.2, -0.15) is 0 Å². The van der Waals surface area contributed by atoms with E-state index in [0.29, 0.717) is 5.52 Å². The van der Waals surface area contributed by atoms with Crippen LogP contribution in [0.1, 0.15) is 5.56 Å². The molecule has 2 aromatic carbocycles. The highest BCUT2D eigenvalue weighted by atomic mass is 79.9. The molecule has 0 fully saturated rings. The van der Waals surface area contributed by atoms with Gasteiger partial charge in [-0.1, -0.05) is 12.1 Å². The van der Waals surface area contributed by atoms with Crippen LogP contribution in [0.4, 0.5) is 0 Å². The number of benzene rings is 2. The Morgan fingerprint density at radius 3 is 2.71 bits per heavy atom. The molecule has 0 radical (unpaired) electrons. The number of hydrogen-bond donors (Lipinski definition) is 1. The van der Waals surface area contributed by atoms with Gasteiger partial charge in [-0.3, -0.25) is 0 Å². The highest BCUT2D eigenvalue weighted by Gasteiger charge is 2.11. The van der Waals surface area contributed by atoms with Gasteiger partial charge >= 0.3 is 0 Å².